The zero-order valence-electron chi connectivity index (χ0n) is 16.1. The molecule has 144 valence electrons. The van der Waals surface area contributed by atoms with Crippen molar-refractivity contribution in [3.05, 3.63) is 40.8 Å². The SMILES string of the molecule is CCOC(=O)c1nn(C(C)C)c2c1CN(c1ccc(C3COC3)cn1)CC2. The first-order valence-electron chi connectivity index (χ1n) is 9.64. The minimum atomic E-state index is -0.344. The molecule has 0 unspecified atom stereocenters. The summed E-state index contributed by atoms with van der Waals surface area (Å²) in [5.41, 5.74) is 3.76. The number of hydrogen-bond donors (Lipinski definition) is 0. The molecule has 0 saturated carbocycles. The Morgan fingerprint density at radius 1 is 1.37 bits per heavy atom. The number of nitrogens with zero attached hydrogens (tertiary/aromatic N) is 4. The second-order valence-electron chi connectivity index (χ2n) is 7.39. The second kappa shape index (κ2) is 7.31. The van der Waals surface area contributed by atoms with Crippen molar-refractivity contribution in [2.24, 2.45) is 0 Å². The molecule has 4 heterocycles. The predicted octanol–water partition coefficient (Wildman–Crippen LogP) is 2.71. The fraction of sp³-hybridized carbons (Fsp3) is 0.550. The van der Waals surface area contributed by atoms with Crippen LogP contribution in [0.4, 0.5) is 5.82 Å². The molecule has 0 spiro atoms. The fourth-order valence-electron chi connectivity index (χ4n) is 3.69. The molecule has 1 saturated heterocycles. The zero-order chi connectivity index (χ0) is 19.0. The van der Waals surface area contributed by atoms with E-state index in [0.717, 1.165) is 43.3 Å². The largest absolute Gasteiger partial charge is 0.461 e. The van der Waals surface area contributed by atoms with Crippen LogP contribution in [0, 0.1) is 0 Å². The van der Waals surface area contributed by atoms with Gasteiger partial charge in [0.05, 0.1) is 19.8 Å². The highest BCUT2D eigenvalue weighted by atomic mass is 16.5. The number of aromatic nitrogens is 3. The van der Waals surface area contributed by atoms with Crippen molar-refractivity contribution in [1.82, 2.24) is 14.8 Å². The lowest BCUT2D eigenvalue weighted by Crippen LogP contribution is -2.32. The van der Waals surface area contributed by atoms with Gasteiger partial charge in [-0.25, -0.2) is 9.78 Å². The van der Waals surface area contributed by atoms with Crippen molar-refractivity contribution in [3.8, 4) is 0 Å². The molecule has 7 nitrogen and oxygen atoms in total. The van der Waals surface area contributed by atoms with Crippen LogP contribution in [-0.4, -0.2) is 47.1 Å². The smallest absolute Gasteiger partial charge is 0.359 e. The third kappa shape index (κ3) is 3.32. The Hall–Kier alpha value is -2.41. The lowest BCUT2D eigenvalue weighted by Gasteiger charge is -2.30. The summed E-state index contributed by atoms with van der Waals surface area (Å²) < 4.78 is 12.5. The minimum Gasteiger partial charge on any atom is -0.461 e. The fourth-order valence-corrected chi connectivity index (χ4v) is 3.69. The first-order valence-corrected chi connectivity index (χ1v) is 9.64. The molecule has 2 aliphatic heterocycles. The maximum Gasteiger partial charge on any atom is 0.359 e. The Morgan fingerprint density at radius 3 is 2.78 bits per heavy atom. The Kier molecular flexibility index (Phi) is 4.86. The first kappa shape index (κ1) is 18.0. The average molecular weight is 370 g/mol. The van der Waals surface area contributed by atoms with Gasteiger partial charge in [-0.1, -0.05) is 6.07 Å². The molecule has 2 aromatic heterocycles. The van der Waals surface area contributed by atoms with E-state index < -0.39 is 0 Å². The van der Waals surface area contributed by atoms with E-state index in [0.29, 0.717) is 24.8 Å². The first-order chi connectivity index (χ1) is 13.1. The van der Waals surface area contributed by atoms with Gasteiger partial charge in [0.15, 0.2) is 5.69 Å². The molecule has 0 radical (unpaired) electrons. The van der Waals surface area contributed by atoms with Crippen molar-refractivity contribution in [3.63, 3.8) is 0 Å². The maximum atomic E-state index is 12.4. The van der Waals surface area contributed by atoms with E-state index in [2.05, 4.69) is 41.0 Å². The van der Waals surface area contributed by atoms with E-state index in [9.17, 15) is 4.79 Å². The van der Waals surface area contributed by atoms with Gasteiger partial charge in [0, 0.05) is 48.9 Å². The van der Waals surface area contributed by atoms with Crippen LogP contribution < -0.4 is 4.90 Å². The molecule has 7 heteroatoms. The van der Waals surface area contributed by atoms with Crippen molar-refractivity contribution in [2.75, 3.05) is 31.3 Å². The zero-order valence-corrected chi connectivity index (χ0v) is 16.1. The quantitative estimate of drug-likeness (QED) is 0.754. The number of carbonyl (C=O) groups is 1. The number of pyridine rings is 1. The summed E-state index contributed by atoms with van der Waals surface area (Å²) in [6.07, 6.45) is 2.78. The van der Waals surface area contributed by atoms with Crippen LogP contribution in [0.3, 0.4) is 0 Å². The molecule has 0 N–H and O–H groups in total. The highest BCUT2D eigenvalue weighted by Gasteiger charge is 2.30. The maximum absolute atomic E-state index is 12.4. The topological polar surface area (TPSA) is 69.5 Å². The Morgan fingerprint density at radius 2 is 2.19 bits per heavy atom. The van der Waals surface area contributed by atoms with Crippen molar-refractivity contribution >= 4 is 11.8 Å². The standard InChI is InChI=1S/C20H26N4O3/c1-4-27-20(25)19-16-10-23(8-7-17(16)24(22-19)13(2)3)18-6-5-14(9-21-18)15-11-26-12-15/h5-6,9,13,15H,4,7-8,10-12H2,1-3H3. The van der Waals surface area contributed by atoms with Gasteiger partial charge >= 0.3 is 5.97 Å². The molecular formula is C20H26N4O3. The van der Waals surface area contributed by atoms with Gasteiger partial charge in [0.1, 0.15) is 5.82 Å². The number of rotatable bonds is 5. The summed E-state index contributed by atoms with van der Waals surface area (Å²) in [5.74, 6) is 1.05. The van der Waals surface area contributed by atoms with Crippen LogP contribution in [0.15, 0.2) is 18.3 Å². The molecule has 2 aliphatic rings. The van der Waals surface area contributed by atoms with E-state index in [1.807, 2.05) is 17.8 Å². The summed E-state index contributed by atoms with van der Waals surface area (Å²) in [6.45, 7) is 9.37. The average Bonchev–Trinajstić information content (AvgIpc) is 3.00. The van der Waals surface area contributed by atoms with Gasteiger partial charge in [-0.2, -0.15) is 5.10 Å². The summed E-state index contributed by atoms with van der Waals surface area (Å²) in [6, 6.07) is 4.40. The molecule has 4 rings (SSSR count). The molecule has 2 aromatic rings. The van der Waals surface area contributed by atoms with E-state index in [1.54, 1.807) is 0 Å². The number of hydrogen-bond acceptors (Lipinski definition) is 6. The van der Waals surface area contributed by atoms with Gasteiger partial charge in [-0.15, -0.1) is 0 Å². The van der Waals surface area contributed by atoms with Crippen LogP contribution in [-0.2, 0) is 22.4 Å². The molecule has 1 fully saturated rings. The van der Waals surface area contributed by atoms with Crippen LogP contribution in [0.5, 0.6) is 0 Å². The minimum absolute atomic E-state index is 0.204. The number of ether oxygens (including phenoxy) is 2. The molecule has 0 aliphatic carbocycles. The molecule has 27 heavy (non-hydrogen) atoms. The molecule has 0 aromatic carbocycles. The molecular weight excluding hydrogens is 344 g/mol. The lowest BCUT2D eigenvalue weighted by atomic mass is 9.99. The summed E-state index contributed by atoms with van der Waals surface area (Å²) >= 11 is 0. The third-order valence-electron chi connectivity index (χ3n) is 5.25. The van der Waals surface area contributed by atoms with Crippen LogP contribution in [0.2, 0.25) is 0 Å². The Bertz CT molecular complexity index is 824. The van der Waals surface area contributed by atoms with Crippen LogP contribution >= 0.6 is 0 Å². The van der Waals surface area contributed by atoms with Crippen molar-refractivity contribution in [1.29, 1.82) is 0 Å². The van der Waals surface area contributed by atoms with Crippen molar-refractivity contribution in [2.45, 2.75) is 45.7 Å². The number of fused-ring (bicyclic) bond motifs is 1. The Balaban J connectivity index is 1.60. The van der Waals surface area contributed by atoms with Gasteiger partial charge < -0.3 is 14.4 Å². The monoisotopic (exact) mass is 370 g/mol. The number of anilines is 1. The highest BCUT2D eigenvalue weighted by molar-refractivity contribution is 5.89. The predicted molar refractivity (Wildman–Crippen MR) is 101 cm³/mol. The number of carbonyl (C=O) groups excluding carboxylic acids is 1. The van der Waals surface area contributed by atoms with E-state index in [4.69, 9.17) is 9.47 Å². The molecule has 0 atom stereocenters. The van der Waals surface area contributed by atoms with Gasteiger partial charge in [0.2, 0.25) is 0 Å². The lowest BCUT2D eigenvalue weighted by molar-refractivity contribution is 0.00829. The molecule has 0 amide bonds. The Labute approximate surface area is 159 Å². The van der Waals surface area contributed by atoms with Crippen LogP contribution in [0.25, 0.3) is 0 Å². The van der Waals surface area contributed by atoms with Crippen LogP contribution in [0.1, 0.15) is 60.0 Å². The van der Waals surface area contributed by atoms with E-state index in [-0.39, 0.29) is 12.0 Å². The van der Waals surface area contributed by atoms with Gasteiger partial charge in [-0.05, 0) is 32.4 Å². The summed E-state index contributed by atoms with van der Waals surface area (Å²) in [4.78, 5) is 19.3. The second-order valence-corrected chi connectivity index (χ2v) is 7.39. The van der Waals surface area contributed by atoms with Crippen molar-refractivity contribution < 1.29 is 14.3 Å². The summed E-state index contributed by atoms with van der Waals surface area (Å²) in [5, 5.41) is 4.58. The molecule has 0 bridgehead atoms. The van der Waals surface area contributed by atoms with Gasteiger partial charge in [0.25, 0.3) is 0 Å². The van der Waals surface area contributed by atoms with E-state index in [1.165, 1.54) is 5.56 Å². The third-order valence-corrected chi connectivity index (χ3v) is 5.25. The van der Waals surface area contributed by atoms with E-state index >= 15 is 0 Å². The van der Waals surface area contributed by atoms with Gasteiger partial charge in [-0.3, -0.25) is 4.68 Å². The summed E-state index contributed by atoms with van der Waals surface area (Å²) in [7, 11) is 0. The highest BCUT2D eigenvalue weighted by Crippen LogP contribution is 2.29. The number of esters is 1. The normalized spacial score (nSPS) is 17.0.